The number of amides is 1. The Bertz CT molecular complexity index is 3080. The number of hydrogen-bond donors (Lipinski definition) is 4. The molecule has 1 amide bonds. The van der Waals surface area contributed by atoms with Crippen molar-refractivity contribution in [2.45, 2.75) is 125 Å². The number of aromatic nitrogens is 2. The zero-order valence-electron chi connectivity index (χ0n) is 43.6. The first-order valence-corrected chi connectivity index (χ1v) is 29.0. The molecule has 2 aliphatic carbocycles. The molecule has 404 valence electrons. The van der Waals surface area contributed by atoms with Crippen molar-refractivity contribution in [3.63, 3.8) is 0 Å². The molecule has 5 aromatic rings. The van der Waals surface area contributed by atoms with E-state index in [0.717, 1.165) is 95.2 Å². The lowest BCUT2D eigenvalue weighted by Crippen LogP contribution is -2.59. The minimum absolute atomic E-state index is 0.120. The summed E-state index contributed by atoms with van der Waals surface area (Å²) in [5.41, 5.74) is 4.97. The van der Waals surface area contributed by atoms with Crippen LogP contribution in [0.2, 0.25) is 0 Å². The number of nitrogens with zero attached hydrogens (tertiary/aromatic N) is 6. The number of H-pyrrole nitrogens is 1. The Kier molecular flexibility index (Phi) is 13.8. The molecule has 4 N–H and O–H groups in total. The van der Waals surface area contributed by atoms with Gasteiger partial charge in [0.2, 0.25) is 5.88 Å². The Morgan fingerprint density at radius 2 is 1.68 bits per heavy atom. The predicted octanol–water partition coefficient (Wildman–Crippen LogP) is 8.23. The van der Waals surface area contributed by atoms with Crippen LogP contribution in [0.15, 0.2) is 83.9 Å². The van der Waals surface area contributed by atoms with Crippen molar-refractivity contribution in [2.24, 2.45) is 11.3 Å². The van der Waals surface area contributed by atoms with Gasteiger partial charge in [-0.25, -0.2) is 13.1 Å². The smallest absolute Gasteiger partial charge is 0.293 e. The van der Waals surface area contributed by atoms with E-state index >= 15 is 0 Å². The third-order valence-corrected chi connectivity index (χ3v) is 19.6. The SMILES string of the molecule is Cc1ccccc1[C@H]1C[C@@H](N2CCOCC2)CCN1C1CC2(CCN(c3ccc(C(=O)NS(=O)(=O)c4ccc(NCC5CCC(C)(O)CC5)c([N+](=O)[O-])c4)c(N4c5cc6cc[nH]c6nc5O[C@H]5COCC[C@@H]54)c3)CC2)C1. The molecule has 18 nitrogen and oxygen atoms in total. The number of likely N-dealkylation sites (tertiary alicyclic amines) is 1. The number of carbonyl (C=O) groups excluding carboxylic acids is 1. The number of nitro benzene ring substituents is 1. The minimum Gasteiger partial charge on any atom is -0.468 e. The minimum atomic E-state index is -4.62. The highest BCUT2D eigenvalue weighted by Crippen LogP contribution is 2.54. The fraction of sp³-hybridized carbons (Fsp3) is 0.544. The Hall–Kier alpha value is -5.83. The molecule has 7 heterocycles. The lowest BCUT2D eigenvalue weighted by Gasteiger charge is -2.58. The molecular formula is C57H71N9O9S. The number of fused-ring (bicyclic) bond motifs is 3. The van der Waals surface area contributed by atoms with Gasteiger partial charge in [-0.15, -0.1) is 0 Å². The lowest BCUT2D eigenvalue weighted by molar-refractivity contribution is -0.384. The van der Waals surface area contributed by atoms with Gasteiger partial charge in [-0.1, -0.05) is 24.3 Å². The second-order valence-electron chi connectivity index (χ2n) is 23.1. The Balaban J connectivity index is 0.804. The van der Waals surface area contributed by atoms with Crippen molar-refractivity contribution in [3.05, 3.63) is 106 Å². The first kappa shape index (κ1) is 51.0. The number of aryl methyl sites for hydroxylation is 1. The molecule has 76 heavy (non-hydrogen) atoms. The molecule has 4 saturated heterocycles. The molecule has 4 atom stereocenters. The molecule has 12 rings (SSSR count). The number of hydrogen-bond acceptors (Lipinski definition) is 15. The number of rotatable bonds is 12. The summed E-state index contributed by atoms with van der Waals surface area (Å²) in [6.45, 7) is 11.7. The van der Waals surface area contributed by atoms with Crippen molar-refractivity contribution >= 4 is 55.4 Å². The number of aliphatic hydroxyl groups is 1. The number of nitro groups is 1. The van der Waals surface area contributed by atoms with Gasteiger partial charge in [0, 0.05) is 87.3 Å². The number of carbonyl (C=O) groups is 1. The van der Waals surface area contributed by atoms with Crippen LogP contribution in [0.1, 0.15) is 105 Å². The summed E-state index contributed by atoms with van der Waals surface area (Å²) in [5.74, 6) is -0.303. The molecule has 0 bridgehead atoms. The molecular weight excluding hydrogens is 987 g/mol. The molecule has 2 aromatic heterocycles. The number of morpholine rings is 1. The van der Waals surface area contributed by atoms with E-state index in [9.17, 15) is 28.4 Å². The van der Waals surface area contributed by atoms with E-state index in [4.69, 9.17) is 19.2 Å². The van der Waals surface area contributed by atoms with Crippen LogP contribution in [-0.2, 0) is 19.5 Å². The second kappa shape index (κ2) is 20.5. The highest BCUT2D eigenvalue weighted by Gasteiger charge is 2.51. The number of anilines is 4. The quantitative estimate of drug-likeness (QED) is 0.0686. The van der Waals surface area contributed by atoms with E-state index in [0.29, 0.717) is 80.0 Å². The van der Waals surface area contributed by atoms with E-state index in [2.05, 4.69) is 65.8 Å². The van der Waals surface area contributed by atoms with Gasteiger partial charge < -0.3 is 39.4 Å². The molecule has 0 radical (unpaired) electrons. The number of pyridine rings is 1. The van der Waals surface area contributed by atoms with Gasteiger partial charge in [-0.2, -0.15) is 4.98 Å². The van der Waals surface area contributed by atoms with Crippen LogP contribution < -0.4 is 24.6 Å². The monoisotopic (exact) mass is 1060 g/mol. The molecule has 7 aliphatic rings. The van der Waals surface area contributed by atoms with Gasteiger partial charge in [0.25, 0.3) is 21.6 Å². The number of aromatic amines is 1. The fourth-order valence-corrected chi connectivity index (χ4v) is 14.8. The maximum absolute atomic E-state index is 14.8. The third-order valence-electron chi connectivity index (χ3n) is 18.3. The number of benzene rings is 3. The van der Waals surface area contributed by atoms with Crippen LogP contribution in [-0.4, -0.2) is 140 Å². The van der Waals surface area contributed by atoms with Crippen molar-refractivity contribution in [2.75, 3.05) is 80.8 Å². The Morgan fingerprint density at radius 1 is 0.895 bits per heavy atom. The summed E-state index contributed by atoms with van der Waals surface area (Å²) in [7, 11) is -4.62. The second-order valence-corrected chi connectivity index (χ2v) is 24.7. The van der Waals surface area contributed by atoms with E-state index in [-0.39, 0.29) is 28.6 Å². The molecule has 19 heteroatoms. The summed E-state index contributed by atoms with van der Waals surface area (Å²) < 4.78 is 49.0. The first-order chi connectivity index (χ1) is 36.7. The summed E-state index contributed by atoms with van der Waals surface area (Å²) >= 11 is 0. The van der Waals surface area contributed by atoms with E-state index < -0.39 is 43.1 Å². The van der Waals surface area contributed by atoms with Gasteiger partial charge in [-0.3, -0.25) is 24.7 Å². The predicted molar refractivity (Wildman–Crippen MR) is 290 cm³/mol. The van der Waals surface area contributed by atoms with Crippen LogP contribution in [0, 0.1) is 28.4 Å². The topological polar surface area (TPSA) is 208 Å². The highest BCUT2D eigenvalue weighted by molar-refractivity contribution is 7.90. The highest BCUT2D eigenvalue weighted by atomic mass is 32.2. The zero-order valence-corrected chi connectivity index (χ0v) is 44.4. The average Bonchev–Trinajstić information content (AvgIpc) is 3.88. The number of ether oxygens (including phenoxy) is 3. The van der Waals surface area contributed by atoms with Crippen molar-refractivity contribution in [1.29, 1.82) is 0 Å². The van der Waals surface area contributed by atoms with Gasteiger partial charge in [0.05, 0.1) is 52.5 Å². The van der Waals surface area contributed by atoms with Crippen molar-refractivity contribution in [3.8, 4) is 5.88 Å². The van der Waals surface area contributed by atoms with Crippen LogP contribution >= 0.6 is 0 Å². The van der Waals surface area contributed by atoms with Gasteiger partial charge in [-0.05, 0) is 149 Å². The summed E-state index contributed by atoms with van der Waals surface area (Å²) in [6, 6.07) is 23.4. The first-order valence-electron chi connectivity index (χ1n) is 27.6. The standard InChI is InChI=1S/C57H71N9O9S/c1-37-5-3-4-6-44(37)48-30-41(63-24-27-73-28-25-63)14-21-64(48)42-33-57(34-42)18-22-62(23-19-57)40-7-9-45(49(31-40)65-47-15-26-74-36-52(47)75-55-51(65)29-39-13-20-58-53(39)60-55)54(67)61-76(71,72)43-8-10-46(50(32-43)66(69)70)59-35-38-11-16-56(2,68)17-12-38/h3-10,13,20,29,31-32,38,41-42,47-48,52,59,68H,11-12,14-19,21-28,30,33-36H2,1-2H3,(H,58,60)(H,61,67)/t38?,41-,47-,48+,52-,56?/m0/s1. The third kappa shape index (κ3) is 10.0. The maximum atomic E-state index is 14.8. The van der Waals surface area contributed by atoms with E-state index in [1.807, 2.05) is 37.4 Å². The van der Waals surface area contributed by atoms with Gasteiger partial charge >= 0.3 is 0 Å². The Morgan fingerprint density at radius 3 is 2.46 bits per heavy atom. The maximum Gasteiger partial charge on any atom is 0.293 e. The number of sulfonamides is 1. The van der Waals surface area contributed by atoms with Crippen LogP contribution in [0.4, 0.5) is 28.4 Å². The van der Waals surface area contributed by atoms with Crippen molar-refractivity contribution < 1.29 is 37.5 Å². The molecule has 6 fully saturated rings. The van der Waals surface area contributed by atoms with Crippen LogP contribution in [0.25, 0.3) is 11.0 Å². The number of piperidine rings is 2. The zero-order chi connectivity index (χ0) is 52.3. The molecule has 2 saturated carbocycles. The summed E-state index contributed by atoms with van der Waals surface area (Å²) in [6.07, 6.45) is 11.5. The molecule has 5 aliphatic heterocycles. The molecule has 3 aromatic carbocycles. The Labute approximate surface area is 444 Å². The summed E-state index contributed by atoms with van der Waals surface area (Å²) in [4.78, 5) is 44.2. The van der Waals surface area contributed by atoms with Crippen LogP contribution in [0.5, 0.6) is 5.88 Å². The number of nitrogens with one attached hydrogen (secondary N) is 3. The van der Waals surface area contributed by atoms with E-state index in [1.165, 1.54) is 42.5 Å². The lowest BCUT2D eigenvalue weighted by atomic mass is 9.59. The van der Waals surface area contributed by atoms with Crippen molar-refractivity contribution in [1.82, 2.24) is 24.5 Å². The largest absolute Gasteiger partial charge is 0.468 e. The normalized spacial score (nSPS) is 27.3. The van der Waals surface area contributed by atoms with Crippen LogP contribution in [0.3, 0.4) is 0 Å². The van der Waals surface area contributed by atoms with Gasteiger partial charge in [0.15, 0.2) is 0 Å². The fourth-order valence-electron chi connectivity index (χ4n) is 13.8. The molecule has 1 spiro atoms. The van der Waals surface area contributed by atoms with E-state index in [1.54, 1.807) is 6.07 Å². The summed E-state index contributed by atoms with van der Waals surface area (Å²) in [5, 5.41) is 26.8. The van der Waals surface area contributed by atoms with Gasteiger partial charge in [0.1, 0.15) is 23.1 Å². The molecule has 0 unspecified atom stereocenters. The average molecular weight is 1060 g/mol.